The van der Waals surface area contributed by atoms with Gasteiger partial charge in [-0.1, -0.05) is 11.6 Å². The number of imidazole rings is 1. The van der Waals surface area contributed by atoms with Crippen LogP contribution in [0.5, 0.6) is 0 Å². The molecular weight excluding hydrogens is 310 g/mol. The second-order valence-corrected chi connectivity index (χ2v) is 6.98. The van der Waals surface area contributed by atoms with Crippen molar-refractivity contribution in [3.8, 4) is 0 Å². The molecule has 19 heavy (non-hydrogen) atoms. The molecule has 0 atom stereocenters. The van der Waals surface area contributed by atoms with Crippen LogP contribution in [0.3, 0.4) is 0 Å². The van der Waals surface area contributed by atoms with Crippen molar-refractivity contribution in [2.45, 2.75) is 11.9 Å². The molecule has 106 valence electrons. The molecule has 0 aliphatic rings. The second kappa shape index (κ2) is 5.76. The van der Waals surface area contributed by atoms with Crippen molar-refractivity contribution in [3.63, 3.8) is 0 Å². The number of hydrogen-bond acceptors (Lipinski definition) is 5. The normalized spacial score (nSPS) is 12.6. The standard InChI is InChI=1S/C10H14ClN3O3S2/c1-3-17-6-4-13(2)19(15,16)9-8(11)12-10-14(9)5-7-18-10/h5,7H,3-4,6H2,1-2H3. The highest BCUT2D eigenvalue weighted by atomic mass is 35.5. The molecule has 2 aromatic rings. The van der Waals surface area contributed by atoms with Gasteiger partial charge in [-0.25, -0.2) is 13.4 Å². The smallest absolute Gasteiger partial charge is 0.262 e. The van der Waals surface area contributed by atoms with Gasteiger partial charge in [0.15, 0.2) is 15.1 Å². The van der Waals surface area contributed by atoms with E-state index in [4.69, 9.17) is 16.3 Å². The van der Waals surface area contributed by atoms with Gasteiger partial charge in [0.05, 0.1) is 6.61 Å². The summed E-state index contributed by atoms with van der Waals surface area (Å²) in [7, 11) is -2.18. The number of halogens is 1. The molecule has 0 aliphatic heterocycles. The van der Waals surface area contributed by atoms with Gasteiger partial charge in [-0.05, 0) is 6.92 Å². The number of thiazole rings is 1. The molecule has 0 unspecified atom stereocenters. The zero-order chi connectivity index (χ0) is 14.0. The van der Waals surface area contributed by atoms with Crippen molar-refractivity contribution in [3.05, 3.63) is 16.7 Å². The lowest BCUT2D eigenvalue weighted by Crippen LogP contribution is -2.31. The number of nitrogens with zero attached hydrogens (tertiary/aromatic N) is 3. The number of hydrogen-bond donors (Lipinski definition) is 0. The maximum Gasteiger partial charge on any atom is 0.262 e. The van der Waals surface area contributed by atoms with E-state index >= 15 is 0 Å². The van der Waals surface area contributed by atoms with Crippen molar-refractivity contribution in [1.82, 2.24) is 13.7 Å². The lowest BCUT2D eigenvalue weighted by Gasteiger charge is -2.16. The Bertz CT molecular complexity index is 665. The van der Waals surface area contributed by atoms with Crippen LogP contribution in [-0.2, 0) is 14.8 Å². The molecule has 0 aliphatic carbocycles. The molecule has 0 fully saturated rings. The van der Waals surface area contributed by atoms with Gasteiger partial charge in [-0.15, -0.1) is 11.3 Å². The first kappa shape index (κ1) is 14.7. The first-order valence-electron chi connectivity index (χ1n) is 5.63. The van der Waals surface area contributed by atoms with Crippen molar-refractivity contribution < 1.29 is 13.2 Å². The summed E-state index contributed by atoms with van der Waals surface area (Å²) in [6.45, 7) is 3.02. The van der Waals surface area contributed by atoms with Gasteiger partial charge in [-0.3, -0.25) is 4.40 Å². The van der Waals surface area contributed by atoms with Crippen LogP contribution in [0, 0.1) is 0 Å². The predicted molar refractivity (Wildman–Crippen MR) is 74.4 cm³/mol. The van der Waals surface area contributed by atoms with Crippen LogP contribution in [-0.4, -0.2) is 48.9 Å². The Kier molecular flexibility index (Phi) is 4.46. The molecule has 0 N–H and O–H groups in total. The summed E-state index contributed by atoms with van der Waals surface area (Å²) in [6, 6.07) is 0. The van der Waals surface area contributed by atoms with E-state index in [1.165, 1.54) is 27.1 Å². The van der Waals surface area contributed by atoms with Gasteiger partial charge in [0, 0.05) is 31.8 Å². The molecule has 0 amide bonds. The fraction of sp³-hybridized carbons (Fsp3) is 0.500. The molecule has 2 aromatic heterocycles. The van der Waals surface area contributed by atoms with Crippen molar-refractivity contribution in [2.75, 3.05) is 26.8 Å². The van der Waals surface area contributed by atoms with E-state index < -0.39 is 10.0 Å². The molecule has 0 aromatic carbocycles. The Morgan fingerprint density at radius 1 is 1.58 bits per heavy atom. The Hall–Kier alpha value is -0.670. The molecular formula is C10H14ClN3O3S2. The van der Waals surface area contributed by atoms with E-state index in [2.05, 4.69) is 4.98 Å². The number of rotatable bonds is 6. The lowest BCUT2D eigenvalue weighted by atomic mass is 10.7. The summed E-state index contributed by atoms with van der Waals surface area (Å²) >= 11 is 7.27. The minimum atomic E-state index is -3.67. The summed E-state index contributed by atoms with van der Waals surface area (Å²) in [5.74, 6) is 0. The summed E-state index contributed by atoms with van der Waals surface area (Å²) in [6.07, 6.45) is 1.64. The minimum absolute atomic E-state index is 0.00409. The van der Waals surface area contributed by atoms with E-state index in [1.807, 2.05) is 6.92 Å². The third-order valence-electron chi connectivity index (χ3n) is 2.59. The molecule has 2 heterocycles. The fourth-order valence-corrected chi connectivity index (χ4v) is 4.12. The molecule has 0 saturated carbocycles. The fourth-order valence-electron chi connectivity index (χ4n) is 1.57. The van der Waals surface area contributed by atoms with Crippen molar-refractivity contribution >= 4 is 37.9 Å². The zero-order valence-corrected chi connectivity index (χ0v) is 12.9. The van der Waals surface area contributed by atoms with Crippen LogP contribution in [0.2, 0.25) is 5.15 Å². The average Bonchev–Trinajstić information content (AvgIpc) is 2.88. The van der Waals surface area contributed by atoms with Crippen molar-refractivity contribution in [2.24, 2.45) is 0 Å². The Labute approximate surface area is 120 Å². The van der Waals surface area contributed by atoms with Gasteiger partial charge in [0.1, 0.15) is 0 Å². The van der Waals surface area contributed by atoms with Crippen LogP contribution in [0.4, 0.5) is 0 Å². The summed E-state index contributed by atoms with van der Waals surface area (Å²) in [5, 5.41) is 1.76. The molecule has 6 nitrogen and oxygen atoms in total. The Morgan fingerprint density at radius 2 is 2.32 bits per heavy atom. The molecule has 0 bridgehead atoms. The van der Waals surface area contributed by atoms with E-state index in [0.717, 1.165) is 0 Å². The first-order valence-corrected chi connectivity index (χ1v) is 8.33. The number of fused-ring (bicyclic) bond motifs is 1. The maximum atomic E-state index is 12.4. The highest BCUT2D eigenvalue weighted by Gasteiger charge is 2.28. The van der Waals surface area contributed by atoms with Crippen molar-refractivity contribution in [1.29, 1.82) is 0 Å². The quantitative estimate of drug-likeness (QED) is 0.759. The Morgan fingerprint density at radius 3 is 3.00 bits per heavy atom. The predicted octanol–water partition coefficient (Wildman–Crippen LogP) is 1.71. The molecule has 0 radical (unpaired) electrons. The van der Waals surface area contributed by atoms with E-state index in [9.17, 15) is 8.42 Å². The summed E-state index contributed by atoms with van der Waals surface area (Å²) < 4.78 is 32.8. The largest absolute Gasteiger partial charge is 0.380 e. The average molecular weight is 324 g/mol. The SMILES string of the molecule is CCOCCN(C)S(=O)(=O)c1c(Cl)nc2sccn12. The van der Waals surface area contributed by atoms with Gasteiger partial charge in [0.25, 0.3) is 10.0 Å². The van der Waals surface area contributed by atoms with Crippen LogP contribution in [0.15, 0.2) is 16.6 Å². The van der Waals surface area contributed by atoms with Gasteiger partial charge in [0.2, 0.25) is 0 Å². The molecule has 9 heteroatoms. The van der Waals surface area contributed by atoms with Crippen LogP contribution in [0.25, 0.3) is 4.96 Å². The molecule has 2 rings (SSSR count). The topological polar surface area (TPSA) is 63.9 Å². The van der Waals surface area contributed by atoms with E-state index in [1.54, 1.807) is 11.6 Å². The number of ether oxygens (including phenoxy) is 1. The Balaban J connectivity index is 2.33. The number of likely N-dealkylation sites (N-methyl/N-ethyl adjacent to an activating group) is 1. The van der Waals surface area contributed by atoms with Crippen LogP contribution in [0.1, 0.15) is 6.92 Å². The molecule has 0 spiro atoms. The first-order chi connectivity index (χ1) is 8.98. The van der Waals surface area contributed by atoms with E-state index in [-0.39, 0.29) is 16.7 Å². The van der Waals surface area contributed by atoms with Gasteiger partial charge in [-0.2, -0.15) is 4.31 Å². The third-order valence-corrected chi connectivity index (χ3v) is 5.60. The number of aromatic nitrogens is 2. The monoisotopic (exact) mass is 323 g/mol. The third kappa shape index (κ3) is 2.77. The van der Waals surface area contributed by atoms with Gasteiger partial charge < -0.3 is 4.74 Å². The molecule has 0 saturated heterocycles. The van der Waals surface area contributed by atoms with Crippen LogP contribution >= 0.6 is 22.9 Å². The minimum Gasteiger partial charge on any atom is -0.380 e. The second-order valence-electron chi connectivity index (χ2n) is 3.79. The van der Waals surface area contributed by atoms with Crippen LogP contribution < -0.4 is 0 Å². The highest BCUT2D eigenvalue weighted by molar-refractivity contribution is 7.89. The van der Waals surface area contributed by atoms with E-state index in [0.29, 0.717) is 18.2 Å². The summed E-state index contributed by atoms with van der Waals surface area (Å²) in [4.78, 5) is 4.59. The zero-order valence-electron chi connectivity index (χ0n) is 10.5. The summed E-state index contributed by atoms with van der Waals surface area (Å²) in [5.41, 5.74) is 0. The lowest BCUT2D eigenvalue weighted by molar-refractivity contribution is 0.138. The number of sulfonamides is 1. The highest BCUT2D eigenvalue weighted by Crippen LogP contribution is 2.27. The maximum absolute atomic E-state index is 12.4. The van der Waals surface area contributed by atoms with Gasteiger partial charge >= 0.3 is 0 Å².